The lowest BCUT2D eigenvalue weighted by Crippen LogP contribution is -2.34. The molecule has 0 heterocycles. The van der Waals surface area contributed by atoms with Crippen LogP contribution < -0.4 is 0 Å². The van der Waals surface area contributed by atoms with Gasteiger partial charge in [-0.05, 0) is 0 Å². The molecule has 0 aromatic heterocycles. The Labute approximate surface area is 76.7 Å². The third-order valence-corrected chi connectivity index (χ3v) is 2.98. The summed E-state index contributed by atoms with van der Waals surface area (Å²) in [6, 6.07) is 3.26. The lowest BCUT2D eigenvalue weighted by Gasteiger charge is -2.14. The predicted octanol–water partition coefficient (Wildman–Crippen LogP) is -1.34. The fraction of sp³-hybridized carbons (Fsp3) is 0.667. The van der Waals surface area contributed by atoms with Gasteiger partial charge in [-0.1, -0.05) is 0 Å². The molecule has 0 aromatic rings. The third kappa shape index (κ3) is 3.85. The van der Waals surface area contributed by atoms with E-state index < -0.39 is 22.4 Å². The van der Waals surface area contributed by atoms with Crippen molar-refractivity contribution in [1.82, 2.24) is 4.31 Å². The number of hydrogen-bond acceptors (Lipinski definition) is 5. The van der Waals surface area contributed by atoms with Crippen molar-refractivity contribution in [1.29, 1.82) is 10.5 Å². The number of nitriles is 2. The average molecular weight is 203 g/mol. The number of aliphatic hydroxyl groups is 1. The summed E-state index contributed by atoms with van der Waals surface area (Å²) in [6.07, 6.45) is 0. The molecule has 0 aromatic carbocycles. The van der Waals surface area contributed by atoms with Gasteiger partial charge in [-0.25, -0.2) is 8.42 Å². The van der Waals surface area contributed by atoms with Gasteiger partial charge in [-0.2, -0.15) is 14.8 Å². The molecule has 1 N–H and O–H groups in total. The first-order valence-corrected chi connectivity index (χ1v) is 5.02. The minimum absolute atomic E-state index is 0.365. The Hall–Kier alpha value is -1.15. The summed E-state index contributed by atoms with van der Waals surface area (Å²) in [5.74, 6) is -0.462. The molecule has 0 saturated heterocycles. The molecule has 0 atom stereocenters. The molecule has 0 amide bonds. The number of rotatable bonds is 5. The van der Waals surface area contributed by atoms with Gasteiger partial charge in [0.25, 0.3) is 0 Å². The minimum Gasteiger partial charge on any atom is -0.395 e. The summed E-state index contributed by atoms with van der Waals surface area (Å²) in [5, 5.41) is 24.9. The van der Waals surface area contributed by atoms with Crippen LogP contribution in [0.4, 0.5) is 0 Å². The van der Waals surface area contributed by atoms with Gasteiger partial charge in [-0.3, -0.25) is 0 Å². The van der Waals surface area contributed by atoms with Crippen LogP contribution in [0.1, 0.15) is 0 Å². The molecule has 0 fully saturated rings. The summed E-state index contributed by atoms with van der Waals surface area (Å²) >= 11 is 0. The highest BCUT2D eigenvalue weighted by Crippen LogP contribution is 1.99. The molecule has 0 unspecified atom stereocenters. The first-order valence-electron chi connectivity index (χ1n) is 3.41. The highest BCUT2D eigenvalue weighted by atomic mass is 32.2. The van der Waals surface area contributed by atoms with Gasteiger partial charge in [0.2, 0.25) is 10.0 Å². The Bertz CT molecular complexity index is 308. The summed E-state index contributed by atoms with van der Waals surface area (Å²) < 4.78 is 23.1. The van der Waals surface area contributed by atoms with Crippen molar-refractivity contribution < 1.29 is 13.5 Å². The first kappa shape index (κ1) is 11.8. The Morgan fingerprint density at radius 3 is 2.00 bits per heavy atom. The van der Waals surface area contributed by atoms with Crippen molar-refractivity contribution in [2.24, 2.45) is 0 Å². The van der Waals surface area contributed by atoms with E-state index in [0.29, 0.717) is 0 Å². The van der Waals surface area contributed by atoms with Gasteiger partial charge in [0.05, 0.1) is 24.5 Å². The second-order valence-corrected chi connectivity index (χ2v) is 4.21. The summed E-state index contributed by atoms with van der Waals surface area (Å²) in [7, 11) is -3.66. The Kier molecular flexibility index (Phi) is 5.00. The lowest BCUT2D eigenvalue weighted by atomic mass is 10.6. The number of sulfonamides is 1. The van der Waals surface area contributed by atoms with Crippen molar-refractivity contribution in [3.05, 3.63) is 0 Å². The smallest absolute Gasteiger partial charge is 0.218 e. The molecular weight excluding hydrogens is 194 g/mol. The third-order valence-electron chi connectivity index (χ3n) is 1.24. The molecule has 0 aliphatic carbocycles. The SMILES string of the molecule is N#CCN(CC#N)S(=O)(=O)CCO. The maximum absolute atomic E-state index is 11.2. The molecule has 7 heteroatoms. The topological polar surface area (TPSA) is 105 Å². The van der Waals surface area contributed by atoms with Crippen LogP contribution in [0.3, 0.4) is 0 Å². The lowest BCUT2D eigenvalue weighted by molar-refractivity contribution is 0.316. The second-order valence-electron chi connectivity index (χ2n) is 2.12. The van der Waals surface area contributed by atoms with Crippen molar-refractivity contribution in [2.45, 2.75) is 0 Å². The predicted molar refractivity (Wildman–Crippen MR) is 43.7 cm³/mol. The molecule has 6 nitrogen and oxygen atoms in total. The van der Waals surface area contributed by atoms with E-state index in [0.717, 1.165) is 4.31 Å². The molecule has 0 rings (SSSR count). The normalized spacial score (nSPS) is 10.8. The van der Waals surface area contributed by atoms with Gasteiger partial charge < -0.3 is 5.11 Å². The fourth-order valence-electron chi connectivity index (χ4n) is 0.655. The Balaban J connectivity index is 4.56. The van der Waals surface area contributed by atoms with Crippen molar-refractivity contribution in [3.63, 3.8) is 0 Å². The van der Waals surface area contributed by atoms with Crippen LogP contribution in [-0.4, -0.2) is 43.3 Å². The van der Waals surface area contributed by atoms with Crippen molar-refractivity contribution >= 4 is 10.0 Å². The summed E-state index contributed by atoms with van der Waals surface area (Å²) in [5.41, 5.74) is 0. The molecule has 0 aliphatic heterocycles. The molecule has 0 bridgehead atoms. The zero-order chi connectivity index (χ0) is 10.3. The van der Waals surface area contributed by atoms with E-state index >= 15 is 0 Å². The number of nitrogens with zero attached hydrogens (tertiary/aromatic N) is 3. The second kappa shape index (κ2) is 5.49. The maximum Gasteiger partial charge on any atom is 0.218 e. The van der Waals surface area contributed by atoms with E-state index in [1.165, 1.54) is 0 Å². The molecule has 0 aliphatic rings. The molecule has 0 saturated carbocycles. The van der Waals surface area contributed by atoms with E-state index in [4.69, 9.17) is 15.6 Å². The first-order chi connectivity index (χ1) is 6.08. The van der Waals surface area contributed by atoms with Crippen LogP contribution in [0, 0.1) is 22.7 Å². The van der Waals surface area contributed by atoms with Crippen LogP contribution in [0.25, 0.3) is 0 Å². The van der Waals surface area contributed by atoms with Crippen LogP contribution in [0.5, 0.6) is 0 Å². The van der Waals surface area contributed by atoms with E-state index in [9.17, 15) is 8.42 Å². The Morgan fingerprint density at radius 2 is 1.69 bits per heavy atom. The molecule has 0 spiro atoms. The van der Waals surface area contributed by atoms with Gasteiger partial charge in [0.15, 0.2) is 0 Å². The van der Waals surface area contributed by atoms with E-state index in [2.05, 4.69) is 0 Å². The maximum atomic E-state index is 11.2. The van der Waals surface area contributed by atoms with Crippen LogP contribution in [0.2, 0.25) is 0 Å². The van der Waals surface area contributed by atoms with Crippen LogP contribution in [0.15, 0.2) is 0 Å². The molecular formula is C6H9N3O3S. The zero-order valence-electron chi connectivity index (χ0n) is 6.84. The standard InChI is InChI=1S/C6H9N3O3S/c7-1-3-9(4-2-8)13(11,12)6-5-10/h10H,3-6H2. The minimum atomic E-state index is -3.66. The highest BCUT2D eigenvalue weighted by molar-refractivity contribution is 7.89. The fourth-order valence-corrected chi connectivity index (χ4v) is 1.65. The van der Waals surface area contributed by atoms with E-state index in [1.807, 2.05) is 0 Å². The summed E-state index contributed by atoms with van der Waals surface area (Å²) in [4.78, 5) is 0. The molecule has 0 radical (unpaired) electrons. The van der Waals surface area contributed by atoms with Gasteiger partial charge in [-0.15, -0.1) is 0 Å². The number of hydrogen-bond donors (Lipinski definition) is 1. The number of aliphatic hydroxyl groups excluding tert-OH is 1. The average Bonchev–Trinajstić information content (AvgIpc) is 2.04. The summed E-state index contributed by atoms with van der Waals surface area (Å²) in [6.45, 7) is -1.25. The van der Waals surface area contributed by atoms with Crippen molar-refractivity contribution in [3.8, 4) is 12.1 Å². The van der Waals surface area contributed by atoms with Crippen LogP contribution >= 0.6 is 0 Å². The molecule has 13 heavy (non-hydrogen) atoms. The van der Waals surface area contributed by atoms with Crippen molar-refractivity contribution in [2.75, 3.05) is 25.4 Å². The van der Waals surface area contributed by atoms with E-state index in [-0.39, 0.29) is 13.1 Å². The quantitative estimate of drug-likeness (QED) is 0.556. The van der Waals surface area contributed by atoms with Gasteiger partial charge in [0.1, 0.15) is 13.1 Å². The highest BCUT2D eigenvalue weighted by Gasteiger charge is 2.20. The zero-order valence-corrected chi connectivity index (χ0v) is 7.66. The Morgan fingerprint density at radius 1 is 1.23 bits per heavy atom. The van der Waals surface area contributed by atoms with Gasteiger partial charge >= 0.3 is 0 Å². The largest absolute Gasteiger partial charge is 0.395 e. The van der Waals surface area contributed by atoms with Gasteiger partial charge in [0, 0.05) is 0 Å². The molecule has 72 valence electrons. The monoisotopic (exact) mass is 203 g/mol. The van der Waals surface area contributed by atoms with E-state index in [1.54, 1.807) is 12.1 Å². The van der Waals surface area contributed by atoms with Crippen LogP contribution in [-0.2, 0) is 10.0 Å².